The normalized spacial score (nSPS) is 16.8. The fraction of sp³-hybridized carbons (Fsp3) is 0.167. The Labute approximate surface area is 213 Å². The predicted octanol–water partition coefficient (Wildman–Crippen LogP) is 4.00. The third kappa shape index (κ3) is 5.07. The molecule has 0 bridgehead atoms. The van der Waals surface area contributed by atoms with Crippen molar-refractivity contribution in [3.8, 4) is 0 Å². The van der Waals surface area contributed by atoms with Crippen LogP contribution in [0.2, 0.25) is 0 Å². The number of hydrogen-bond acceptors (Lipinski definition) is 6. The van der Waals surface area contributed by atoms with Crippen molar-refractivity contribution in [3.05, 3.63) is 83.8 Å². The van der Waals surface area contributed by atoms with Gasteiger partial charge in [0.25, 0.3) is 21.7 Å². The maximum atomic E-state index is 13.1. The fourth-order valence-corrected chi connectivity index (χ4v) is 4.53. The number of carbonyl (C=O) groups is 3. The Bertz CT molecular complexity index is 1510. The number of hydrogen-bond donors (Lipinski definition) is 2. The number of carbonyl (C=O) groups excluding carboxylic acids is 3. The number of sulfone groups is 1. The molecule has 0 radical (unpaired) electrons. The van der Waals surface area contributed by atoms with Crippen LogP contribution < -0.4 is 15.5 Å². The van der Waals surface area contributed by atoms with E-state index in [1.54, 1.807) is 13.0 Å². The first-order valence-corrected chi connectivity index (χ1v) is 12.4. The molecule has 0 saturated carbocycles. The molecule has 0 aliphatic carbocycles. The van der Waals surface area contributed by atoms with E-state index < -0.39 is 55.9 Å². The van der Waals surface area contributed by atoms with Crippen LogP contribution >= 0.6 is 0 Å². The van der Waals surface area contributed by atoms with Crippen molar-refractivity contribution >= 4 is 39.2 Å². The summed E-state index contributed by atoms with van der Waals surface area (Å²) in [6.07, 6.45) is 1.38. The molecule has 4 rings (SSSR count). The minimum absolute atomic E-state index is 0.120. The standard InChI is InChI=1S/C24H18F4N4O5S/c1-13(15-10-11-29-19(12-15)30-21(33)14-2-4-16(25)5-3-14)20-22(34)32(23(35)31-20)17-6-8-18(9-7-17)38(36,37)24(26,27)28/h2-13,20H,1H3,(H,31,35)(H,29,30,33). The lowest BCUT2D eigenvalue weighted by molar-refractivity contribution is -0.118. The Morgan fingerprint density at radius 2 is 1.68 bits per heavy atom. The molecule has 2 N–H and O–H groups in total. The summed E-state index contributed by atoms with van der Waals surface area (Å²) in [5.41, 5.74) is -4.92. The first-order chi connectivity index (χ1) is 17.8. The SMILES string of the molecule is CC(c1ccnc(NC(=O)c2ccc(F)cc2)c1)C1NC(=O)N(c2ccc(S(=O)(=O)C(F)(F)F)cc2)C1=O. The minimum Gasteiger partial charge on any atom is -0.325 e. The predicted molar refractivity (Wildman–Crippen MR) is 126 cm³/mol. The topological polar surface area (TPSA) is 126 Å². The Balaban J connectivity index is 1.51. The molecule has 1 saturated heterocycles. The van der Waals surface area contributed by atoms with E-state index in [9.17, 15) is 40.4 Å². The van der Waals surface area contributed by atoms with Crippen LogP contribution in [0.1, 0.15) is 28.8 Å². The zero-order chi connectivity index (χ0) is 27.8. The Kier molecular flexibility index (Phi) is 6.93. The molecule has 2 aromatic carbocycles. The fourth-order valence-electron chi connectivity index (χ4n) is 3.77. The van der Waals surface area contributed by atoms with Gasteiger partial charge in [-0.15, -0.1) is 0 Å². The number of alkyl halides is 3. The Morgan fingerprint density at radius 1 is 1.05 bits per heavy atom. The van der Waals surface area contributed by atoms with Crippen molar-refractivity contribution in [2.24, 2.45) is 0 Å². The van der Waals surface area contributed by atoms with Crippen molar-refractivity contribution in [1.29, 1.82) is 0 Å². The second-order valence-electron chi connectivity index (χ2n) is 8.27. The molecule has 198 valence electrons. The van der Waals surface area contributed by atoms with Gasteiger partial charge >= 0.3 is 11.5 Å². The van der Waals surface area contributed by atoms with Gasteiger partial charge in [0.1, 0.15) is 17.7 Å². The van der Waals surface area contributed by atoms with E-state index in [0.717, 1.165) is 24.3 Å². The van der Waals surface area contributed by atoms with Crippen molar-refractivity contribution in [1.82, 2.24) is 10.3 Å². The molecule has 2 heterocycles. The van der Waals surface area contributed by atoms with Gasteiger partial charge in [-0.3, -0.25) is 9.59 Å². The molecular weight excluding hydrogens is 532 g/mol. The van der Waals surface area contributed by atoms with Gasteiger partial charge in [-0.05, 0) is 66.2 Å². The van der Waals surface area contributed by atoms with Gasteiger partial charge in [0, 0.05) is 17.7 Å². The quantitative estimate of drug-likeness (QED) is 0.353. The summed E-state index contributed by atoms with van der Waals surface area (Å²) in [5.74, 6) is -2.27. The second kappa shape index (κ2) is 9.85. The molecule has 3 aromatic rings. The van der Waals surface area contributed by atoms with E-state index in [-0.39, 0.29) is 17.1 Å². The maximum Gasteiger partial charge on any atom is 0.501 e. The van der Waals surface area contributed by atoms with Crippen molar-refractivity contribution in [2.45, 2.75) is 29.3 Å². The molecule has 1 aliphatic heterocycles. The number of urea groups is 1. The third-order valence-corrected chi connectivity index (χ3v) is 7.34. The van der Waals surface area contributed by atoms with E-state index in [1.807, 2.05) is 0 Å². The highest BCUT2D eigenvalue weighted by molar-refractivity contribution is 7.92. The van der Waals surface area contributed by atoms with Crippen LogP contribution in [-0.2, 0) is 14.6 Å². The molecule has 2 atom stereocenters. The number of pyridine rings is 1. The summed E-state index contributed by atoms with van der Waals surface area (Å²) in [7, 11) is -5.59. The molecule has 2 unspecified atom stereocenters. The molecule has 14 heteroatoms. The first-order valence-electron chi connectivity index (χ1n) is 10.9. The average Bonchev–Trinajstić information content (AvgIpc) is 3.17. The number of halogens is 4. The van der Waals surface area contributed by atoms with Gasteiger partial charge in [0.15, 0.2) is 0 Å². The highest BCUT2D eigenvalue weighted by atomic mass is 32.2. The van der Waals surface area contributed by atoms with Gasteiger partial charge in [-0.1, -0.05) is 6.92 Å². The lowest BCUT2D eigenvalue weighted by Crippen LogP contribution is -2.35. The monoisotopic (exact) mass is 550 g/mol. The number of imide groups is 1. The third-order valence-electron chi connectivity index (χ3n) is 5.84. The molecule has 38 heavy (non-hydrogen) atoms. The number of anilines is 2. The first kappa shape index (κ1) is 26.7. The van der Waals surface area contributed by atoms with Crippen LogP contribution in [0.5, 0.6) is 0 Å². The molecular formula is C24H18F4N4O5S. The number of nitrogens with zero attached hydrogens (tertiary/aromatic N) is 2. The van der Waals surface area contributed by atoms with Crippen molar-refractivity contribution < 1.29 is 40.4 Å². The van der Waals surface area contributed by atoms with E-state index in [4.69, 9.17) is 0 Å². The lowest BCUT2D eigenvalue weighted by atomic mass is 9.94. The zero-order valence-electron chi connectivity index (χ0n) is 19.4. The van der Waals surface area contributed by atoms with Crippen LogP contribution in [0.3, 0.4) is 0 Å². The zero-order valence-corrected chi connectivity index (χ0v) is 20.2. The highest BCUT2D eigenvalue weighted by Crippen LogP contribution is 2.33. The largest absolute Gasteiger partial charge is 0.501 e. The number of nitrogens with one attached hydrogen (secondary N) is 2. The van der Waals surface area contributed by atoms with Crippen LogP contribution in [0.4, 0.5) is 33.9 Å². The van der Waals surface area contributed by atoms with E-state index >= 15 is 0 Å². The molecule has 1 aliphatic rings. The number of benzene rings is 2. The summed E-state index contributed by atoms with van der Waals surface area (Å²) >= 11 is 0. The summed E-state index contributed by atoms with van der Waals surface area (Å²) in [5, 5.41) is 5.07. The number of rotatable bonds is 6. The average molecular weight is 550 g/mol. The Hall–Kier alpha value is -4.33. The molecule has 1 aromatic heterocycles. The van der Waals surface area contributed by atoms with Gasteiger partial charge in [0.05, 0.1) is 10.6 Å². The van der Waals surface area contributed by atoms with Crippen LogP contribution in [0.15, 0.2) is 71.8 Å². The van der Waals surface area contributed by atoms with Crippen LogP contribution in [0, 0.1) is 5.82 Å². The number of aromatic nitrogens is 1. The second-order valence-corrected chi connectivity index (χ2v) is 10.2. The van der Waals surface area contributed by atoms with Gasteiger partial charge < -0.3 is 10.6 Å². The molecule has 1 fully saturated rings. The van der Waals surface area contributed by atoms with Gasteiger partial charge in [-0.2, -0.15) is 13.2 Å². The van der Waals surface area contributed by atoms with Crippen LogP contribution in [0.25, 0.3) is 0 Å². The smallest absolute Gasteiger partial charge is 0.325 e. The molecule has 9 nitrogen and oxygen atoms in total. The number of amides is 4. The van der Waals surface area contributed by atoms with Crippen LogP contribution in [-0.4, -0.2) is 42.8 Å². The highest BCUT2D eigenvalue weighted by Gasteiger charge is 2.47. The van der Waals surface area contributed by atoms with E-state index in [1.165, 1.54) is 24.4 Å². The van der Waals surface area contributed by atoms with Crippen molar-refractivity contribution in [3.63, 3.8) is 0 Å². The summed E-state index contributed by atoms with van der Waals surface area (Å²) in [6.45, 7) is 1.63. The summed E-state index contributed by atoms with van der Waals surface area (Å²) in [6, 6.07) is 9.16. The molecule has 4 amide bonds. The van der Waals surface area contributed by atoms with Gasteiger partial charge in [0.2, 0.25) is 0 Å². The van der Waals surface area contributed by atoms with E-state index in [2.05, 4.69) is 15.6 Å². The lowest BCUT2D eigenvalue weighted by Gasteiger charge is -2.19. The minimum atomic E-state index is -5.59. The molecule has 0 spiro atoms. The van der Waals surface area contributed by atoms with Gasteiger partial charge in [-0.25, -0.2) is 27.5 Å². The van der Waals surface area contributed by atoms with E-state index in [0.29, 0.717) is 22.6 Å². The Morgan fingerprint density at radius 3 is 2.29 bits per heavy atom. The summed E-state index contributed by atoms with van der Waals surface area (Å²) < 4.78 is 74.6. The van der Waals surface area contributed by atoms with Crippen molar-refractivity contribution in [2.75, 3.05) is 10.2 Å². The summed E-state index contributed by atoms with van der Waals surface area (Å²) in [4.78, 5) is 41.8. The maximum absolute atomic E-state index is 13.1.